The molecule has 0 aliphatic carbocycles. The number of nitrogens with one attached hydrogen (secondary N) is 1. The number of aliphatic hydroxyl groups is 4. The highest BCUT2D eigenvalue weighted by atomic mass is 16.6. The molecular weight excluding hydrogens is 298 g/mol. The highest BCUT2D eigenvalue weighted by Gasteiger charge is 2.41. The zero-order valence-corrected chi connectivity index (χ0v) is 11.6. The third-order valence-electron chi connectivity index (χ3n) is 2.98. The van der Waals surface area contributed by atoms with Gasteiger partial charge in [-0.1, -0.05) is 0 Å². The first-order valence-electron chi connectivity index (χ1n) is 6.29. The van der Waals surface area contributed by atoms with Crippen molar-refractivity contribution in [2.75, 3.05) is 19.5 Å². The van der Waals surface area contributed by atoms with Gasteiger partial charge in [0.05, 0.1) is 20.0 Å². The quantitative estimate of drug-likeness (QED) is 0.343. The van der Waals surface area contributed by atoms with Gasteiger partial charge in [0.25, 0.3) is 0 Å². The van der Waals surface area contributed by atoms with Gasteiger partial charge < -0.3 is 40.6 Å². The van der Waals surface area contributed by atoms with Crippen LogP contribution in [0.3, 0.4) is 0 Å². The number of nitrogen functional groups attached to an aromatic ring is 1. The van der Waals surface area contributed by atoms with E-state index in [0.717, 1.165) is 0 Å². The topological polar surface area (TPSA) is 180 Å². The van der Waals surface area contributed by atoms with E-state index in [9.17, 15) is 0 Å². The summed E-state index contributed by atoms with van der Waals surface area (Å²) in [6.07, 6.45) is -3.24. The van der Waals surface area contributed by atoms with Gasteiger partial charge in [0.2, 0.25) is 11.8 Å². The Kier molecular flexibility index (Phi) is 5.05. The summed E-state index contributed by atoms with van der Waals surface area (Å²) in [6.45, 7) is -0.407. The van der Waals surface area contributed by atoms with Crippen molar-refractivity contribution in [1.82, 2.24) is 19.9 Å². The van der Waals surface area contributed by atoms with Crippen LogP contribution in [0.15, 0.2) is 6.33 Å². The largest absolute Gasteiger partial charge is 0.479 e. The van der Waals surface area contributed by atoms with Crippen LogP contribution in [0, 0.1) is 0 Å². The van der Waals surface area contributed by atoms with Crippen LogP contribution in [0.4, 0.5) is 5.95 Å². The number of anilines is 1. The smallest absolute Gasteiger partial charge is 0.244 e. The average Bonchev–Trinajstić information content (AvgIpc) is 3.07. The van der Waals surface area contributed by atoms with Crippen molar-refractivity contribution in [3.63, 3.8) is 0 Å². The molecule has 7 N–H and O–H groups in total. The molecular formula is C11H17N5O6. The molecule has 0 saturated carbocycles. The zero-order valence-electron chi connectivity index (χ0n) is 11.6. The SMILES string of the molecule is COc1nc(N)nc2nc[nH]c12.OC[C@H]1OC(O)[C@@H](O)[C@@H]1O. The Morgan fingerprint density at radius 3 is 2.55 bits per heavy atom. The minimum absolute atomic E-state index is 0.159. The molecule has 122 valence electrons. The van der Waals surface area contributed by atoms with Gasteiger partial charge >= 0.3 is 0 Å². The minimum atomic E-state index is -1.38. The lowest BCUT2D eigenvalue weighted by Crippen LogP contribution is -2.33. The molecule has 1 unspecified atom stereocenters. The summed E-state index contributed by atoms with van der Waals surface area (Å²) in [5.74, 6) is 0.571. The second kappa shape index (κ2) is 6.81. The first kappa shape index (κ1) is 16.3. The summed E-state index contributed by atoms with van der Waals surface area (Å²) in [4.78, 5) is 14.5. The Labute approximate surface area is 124 Å². The number of aromatic amines is 1. The predicted octanol–water partition coefficient (Wildman–Crippen LogP) is -2.64. The van der Waals surface area contributed by atoms with Crippen molar-refractivity contribution in [2.45, 2.75) is 24.6 Å². The minimum Gasteiger partial charge on any atom is -0.479 e. The van der Waals surface area contributed by atoms with Crippen molar-refractivity contribution >= 4 is 17.1 Å². The zero-order chi connectivity index (χ0) is 16.3. The maximum atomic E-state index is 8.93. The lowest BCUT2D eigenvalue weighted by atomic mass is 10.1. The number of methoxy groups -OCH3 is 1. The van der Waals surface area contributed by atoms with Crippen molar-refractivity contribution < 1.29 is 29.9 Å². The molecule has 0 amide bonds. The lowest BCUT2D eigenvalue weighted by molar-refractivity contribution is -0.132. The number of aliphatic hydroxyl groups excluding tert-OH is 4. The number of nitrogens with two attached hydrogens (primary N) is 1. The van der Waals surface area contributed by atoms with E-state index in [2.05, 4.69) is 24.7 Å². The number of imidazole rings is 1. The van der Waals surface area contributed by atoms with Crippen LogP contribution in [0.25, 0.3) is 11.2 Å². The van der Waals surface area contributed by atoms with Crippen LogP contribution >= 0.6 is 0 Å². The molecule has 1 aliphatic rings. The van der Waals surface area contributed by atoms with Crippen molar-refractivity contribution in [2.24, 2.45) is 0 Å². The van der Waals surface area contributed by atoms with Crippen LogP contribution in [-0.4, -0.2) is 78.7 Å². The van der Waals surface area contributed by atoms with Crippen LogP contribution in [0.1, 0.15) is 0 Å². The predicted molar refractivity (Wildman–Crippen MR) is 72.6 cm³/mol. The van der Waals surface area contributed by atoms with E-state index in [1.807, 2.05) is 0 Å². The molecule has 0 aromatic carbocycles. The van der Waals surface area contributed by atoms with Crippen LogP contribution < -0.4 is 10.5 Å². The number of aromatic nitrogens is 4. The number of rotatable bonds is 2. The summed E-state index contributed by atoms with van der Waals surface area (Å²) < 4.78 is 9.50. The van der Waals surface area contributed by atoms with Gasteiger partial charge in [-0.2, -0.15) is 9.97 Å². The molecule has 2 aromatic heterocycles. The number of H-pyrrole nitrogens is 1. The number of fused-ring (bicyclic) bond motifs is 1. The second-order valence-electron chi connectivity index (χ2n) is 4.42. The number of hydrogen-bond acceptors (Lipinski definition) is 10. The van der Waals surface area contributed by atoms with E-state index >= 15 is 0 Å². The summed E-state index contributed by atoms with van der Waals surface area (Å²) >= 11 is 0. The van der Waals surface area contributed by atoms with E-state index in [0.29, 0.717) is 17.0 Å². The molecule has 11 heteroatoms. The lowest BCUT2D eigenvalue weighted by Gasteiger charge is -2.09. The highest BCUT2D eigenvalue weighted by molar-refractivity contribution is 5.76. The molecule has 1 saturated heterocycles. The Hall–Kier alpha value is -2.05. The highest BCUT2D eigenvalue weighted by Crippen LogP contribution is 2.19. The molecule has 1 fully saturated rings. The molecule has 0 bridgehead atoms. The van der Waals surface area contributed by atoms with E-state index in [-0.39, 0.29) is 5.95 Å². The Morgan fingerprint density at radius 1 is 1.32 bits per heavy atom. The normalized spacial score (nSPS) is 27.5. The summed E-state index contributed by atoms with van der Waals surface area (Å²) in [5, 5.41) is 35.0. The van der Waals surface area contributed by atoms with Crippen LogP contribution in [-0.2, 0) is 4.74 Å². The Bertz CT molecular complexity index is 622. The molecule has 22 heavy (non-hydrogen) atoms. The van der Waals surface area contributed by atoms with E-state index in [1.54, 1.807) is 0 Å². The number of hydrogen-bond donors (Lipinski definition) is 6. The van der Waals surface area contributed by atoms with E-state index < -0.39 is 31.2 Å². The average molecular weight is 315 g/mol. The standard InChI is InChI=1S/C6H7N5O.C5H10O5/c1-12-5-3-4(9-2-8-3)10-6(7)11-5;6-1-2-3(7)4(8)5(9)10-2/h2H,1H3,(H3,7,8,9,10,11);2-9H,1H2/t;2-,3-,4+,5?/m.1/s1. The van der Waals surface area contributed by atoms with Gasteiger partial charge in [-0.3, -0.25) is 0 Å². The summed E-state index contributed by atoms with van der Waals surface area (Å²) in [7, 11) is 1.52. The van der Waals surface area contributed by atoms with Crippen LogP contribution in [0.2, 0.25) is 0 Å². The van der Waals surface area contributed by atoms with Crippen molar-refractivity contribution in [3.8, 4) is 5.88 Å². The fraction of sp³-hybridized carbons (Fsp3) is 0.545. The number of nitrogens with zero attached hydrogens (tertiary/aromatic N) is 3. The maximum Gasteiger partial charge on any atom is 0.244 e. The third-order valence-corrected chi connectivity index (χ3v) is 2.98. The van der Waals surface area contributed by atoms with Gasteiger partial charge in [0.15, 0.2) is 11.9 Å². The molecule has 2 aromatic rings. The van der Waals surface area contributed by atoms with E-state index in [4.69, 9.17) is 30.9 Å². The Balaban J connectivity index is 0.000000164. The van der Waals surface area contributed by atoms with Gasteiger partial charge in [-0.25, -0.2) is 4.98 Å². The molecule has 4 atom stereocenters. The molecule has 3 heterocycles. The van der Waals surface area contributed by atoms with Crippen LogP contribution in [0.5, 0.6) is 5.88 Å². The summed E-state index contributed by atoms with van der Waals surface area (Å²) in [6, 6.07) is 0. The van der Waals surface area contributed by atoms with Crippen molar-refractivity contribution in [1.29, 1.82) is 0 Å². The number of ether oxygens (including phenoxy) is 2. The fourth-order valence-corrected chi connectivity index (χ4v) is 1.85. The van der Waals surface area contributed by atoms with Gasteiger partial charge in [-0.05, 0) is 0 Å². The molecule has 3 rings (SSSR count). The fourth-order valence-electron chi connectivity index (χ4n) is 1.85. The molecule has 1 aliphatic heterocycles. The molecule has 11 nitrogen and oxygen atoms in total. The van der Waals surface area contributed by atoms with E-state index in [1.165, 1.54) is 13.4 Å². The van der Waals surface area contributed by atoms with Gasteiger partial charge in [0, 0.05) is 0 Å². The monoisotopic (exact) mass is 315 g/mol. The molecule has 0 spiro atoms. The third kappa shape index (κ3) is 3.23. The van der Waals surface area contributed by atoms with Gasteiger partial charge in [0.1, 0.15) is 23.8 Å². The Morgan fingerprint density at radius 2 is 2.05 bits per heavy atom. The second-order valence-corrected chi connectivity index (χ2v) is 4.42. The van der Waals surface area contributed by atoms with Crippen molar-refractivity contribution in [3.05, 3.63) is 6.33 Å². The first-order chi connectivity index (χ1) is 10.5. The maximum absolute atomic E-state index is 8.93. The first-order valence-corrected chi connectivity index (χ1v) is 6.29. The van der Waals surface area contributed by atoms with Gasteiger partial charge in [-0.15, -0.1) is 0 Å². The summed E-state index contributed by atoms with van der Waals surface area (Å²) in [5.41, 5.74) is 6.58. The molecule has 0 radical (unpaired) electrons.